The molecule has 0 aliphatic carbocycles. The lowest BCUT2D eigenvalue weighted by molar-refractivity contribution is 0.137. The first-order valence-corrected chi connectivity index (χ1v) is 2.81. The van der Waals surface area contributed by atoms with Crippen LogP contribution in [0.1, 0.15) is 6.42 Å². The van der Waals surface area contributed by atoms with Gasteiger partial charge in [-0.1, -0.05) is 0 Å². The summed E-state index contributed by atoms with van der Waals surface area (Å²) in [5.41, 5.74) is 0. The zero-order chi connectivity index (χ0) is 6.41. The molecule has 0 aliphatic heterocycles. The Balaban J connectivity index is 2.86. The minimum absolute atomic E-state index is 0.359. The molecule has 1 unspecified atom stereocenters. The van der Waals surface area contributed by atoms with Gasteiger partial charge in [0.25, 0.3) is 0 Å². The Morgan fingerprint density at radius 1 is 1.50 bits per heavy atom. The highest BCUT2D eigenvalue weighted by Crippen LogP contribution is 1.80. The van der Waals surface area contributed by atoms with Crippen molar-refractivity contribution in [1.29, 1.82) is 0 Å². The molecule has 50 valence electrons. The van der Waals surface area contributed by atoms with Gasteiger partial charge in [0.2, 0.25) is 0 Å². The molecule has 0 aromatic heterocycles. The zero-order valence-electron chi connectivity index (χ0n) is 5.44. The van der Waals surface area contributed by atoms with Gasteiger partial charge in [-0.05, 0) is 27.1 Å². The second-order valence-corrected chi connectivity index (χ2v) is 1.70. The van der Waals surface area contributed by atoms with Crippen molar-refractivity contribution in [3.63, 3.8) is 0 Å². The van der Waals surface area contributed by atoms with E-state index in [1.54, 1.807) is 7.05 Å². The number of aliphatic hydroxyl groups is 1. The highest BCUT2D eigenvalue weighted by molar-refractivity contribution is 4.49. The van der Waals surface area contributed by atoms with Crippen LogP contribution in [-0.4, -0.2) is 32.0 Å². The molecule has 0 bridgehead atoms. The largest absolute Gasteiger partial charge is 0.379 e. The van der Waals surface area contributed by atoms with Crippen molar-refractivity contribution in [2.45, 2.75) is 12.6 Å². The van der Waals surface area contributed by atoms with E-state index in [0.29, 0.717) is 0 Å². The van der Waals surface area contributed by atoms with Gasteiger partial charge in [0.05, 0.1) is 0 Å². The van der Waals surface area contributed by atoms with Crippen LogP contribution in [0.2, 0.25) is 0 Å². The first-order chi connectivity index (χ1) is 3.81. The third kappa shape index (κ3) is 4.05. The number of nitrogens with one attached hydrogen (secondary N) is 2. The summed E-state index contributed by atoms with van der Waals surface area (Å²) in [4.78, 5) is 0. The zero-order valence-corrected chi connectivity index (χ0v) is 5.44. The third-order valence-electron chi connectivity index (χ3n) is 1.00. The molecule has 0 aromatic carbocycles. The van der Waals surface area contributed by atoms with Crippen LogP contribution in [-0.2, 0) is 0 Å². The summed E-state index contributed by atoms with van der Waals surface area (Å²) < 4.78 is 0. The van der Waals surface area contributed by atoms with Crippen LogP contribution in [0.3, 0.4) is 0 Å². The summed E-state index contributed by atoms with van der Waals surface area (Å²) in [7, 11) is 3.60. The number of hydrogen-bond donors (Lipinski definition) is 3. The van der Waals surface area contributed by atoms with Crippen LogP contribution < -0.4 is 10.6 Å². The van der Waals surface area contributed by atoms with Gasteiger partial charge in [0.1, 0.15) is 6.23 Å². The van der Waals surface area contributed by atoms with E-state index >= 15 is 0 Å². The van der Waals surface area contributed by atoms with E-state index in [2.05, 4.69) is 10.6 Å². The summed E-state index contributed by atoms with van der Waals surface area (Å²) in [6.45, 7) is 0.849. The molecule has 3 nitrogen and oxygen atoms in total. The van der Waals surface area contributed by atoms with Crippen molar-refractivity contribution in [3.05, 3.63) is 0 Å². The Morgan fingerprint density at radius 2 is 2.12 bits per heavy atom. The summed E-state index contributed by atoms with van der Waals surface area (Å²) in [5, 5.41) is 14.5. The van der Waals surface area contributed by atoms with Crippen LogP contribution in [0.4, 0.5) is 0 Å². The molecule has 3 N–H and O–H groups in total. The molecule has 0 spiro atoms. The van der Waals surface area contributed by atoms with Gasteiger partial charge in [-0.25, -0.2) is 0 Å². The first kappa shape index (κ1) is 7.88. The molecule has 0 rings (SSSR count). The molecule has 3 heteroatoms. The van der Waals surface area contributed by atoms with E-state index < -0.39 is 0 Å². The molecular formula is C5H14N2O. The van der Waals surface area contributed by atoms with Crippen molar-refractivity contribution in [2.75, 3.05) is 20.6 Å². The second-order valence-electron chi connectivity index (χ2n) is 1.70. The smallest absolute Gasteiger partial charge is 0.105 e. The molecule has 8 heavy (non-hydrogen) atoms. The van der Waals surface area contributed by atoms with Crippen LogP contribution in [0, 0.1) is 0 Å². The van der Waals surface area contributed by atoms with E-state index in [4.69, 9.17) is 5.11 Å². The lowest BCUT2D eigenvalue weighted by Gasteiger charge is -2.06. The Kier molecular flexibility index (Phi) is 4.95. The van der Waals surface area contributed by atoms with Gasteiger partial charge in [-0.15, -0.1) is 0 Å². The van der Waals surface area contributed by atoms with Crippen LogP contribution in [0.5, 0.6) is 0 Å². The maximum Gasteiger partial charge on any atom is 0.105 e. The van der Waals surface area contributed by atoms with Gasteiger partial charge in [-0.3, -0.25) is 5.32 Å². The Labute approximate surface area is 50.1 Å². The normalized spacial score (nSPS) is 13.9. The second kappa shape index (κ2) is 5.03. The molecule has 0 aliphatic rings. The molecule has 0 heterocycles. The van der Waals surface area contributed by atoms with Crippen LogP contribution >= 0.6 is 0 Å². The fraction of sp³-hybridized carbons (Fsp3) is 1.00. The molecule has 0 saturated heterocycles. The molecule has 0 saturated carbocycles. The fourth-order valence-corrected chi connectivity index (χ4v) is 0.425. The monoisotopic (exact) mass is 118 g/mol. The third-order valence-corrected chi connectivity index (χ3v) is 1.00. The van der Waals surface area contributed by atoms with Gasteiger partial charge >= 0.3 is 0 Å². The topological polar surface area (TPSA) is 44.3 Å². The molecular weight excluding hydrogens is 104 g/mol. The summed E-state index contributed by atoms with van der Waals surface area (Å²) in [6.07, 6.45) is 0.398. The lowest BCUT2D eigenvalue weighted by atomic mass is 10.4. The molecule has 0 amide bonds. The first-order valence-electron chi connectivity index (χ1n) is 2.81. The van der Waals surface area contributed by atoms with Crippen molar-refractivity contribution in [2.24, 2.45) is 0 Å². The highest BCUT2D eigenvalue weighted by atomic mass is 16.3. The summed E-state index contributed by atoms with van der Waals surface area (Å²) >= 11 is 0. The molecule has 0 radical (unpaired) electrons. The van der Waals surface area contributed by atoms with Gasteiger partial charge in [0.15, 0.2) is 0 Å². The Bertz CT molecular complexity index is 49.7. The Morgan fingerprint density at radius 3 is 2.50 bits per heavy atom. The number of aliphatic hydroxyl groups excluding tert-OH is 1. The van der Waals surface area contributed by atoms with Crippen molar-refractivity contribution in [3.8, 4) is 0 Å². The number of hydrogen-bond acceptors (Lipinski definition) is 3. The summed E-state index contributed by atoms with van der Waals surface area (Å²) in [5.74, 6) is 0. The maximum atomic E-state index is 8.84. The highest BCUT2D eigenvalue weighted by Gasteiger charge is 1.94. The van der Waals surface area contributed by atoms with E-state index in [1.165, 1.54) is 0 Å². The maximum absolute atomic E-state index is 8.84. The van der Waals surface area contributed by atoms with Gasteiger partial charge in [0, 0.05) is 0 Å². The average molecular weight is 118 g/mol. The van der Waals surface area contributed by atoms with Crippen LogP contribution in [0.15, 0.2) is 0 Å². The molecule has 0 aromatic rings. The summed E-state index contributed by atoms with van der Waals surface area (Å²) in [6, 6.07) is 0. The predicted octanol–water partition coefficient (Wildman–Crippen LogP) is -0.866. The Hall–Kier alpha value is -0.120. The minimum Gasteiger partial charge on any atom is -0.379 e. The van der Waals surface area contributed by atoms with Crippen LogP contribution in [0.25, 0.3) is 0 Å². The molecule has 0 fully saturated rings. The van der Waals surface area contributed by atoms with Gasteiger partial charge < -0.3 is 10.4 Å². The van der Waals surface area contributed by atoms with E-state index in [1.807, 2.05) is 7.05 Å². The van der Waals surface area contributed by atoms with E-state index in [-0.39, 0.29) is 6.23 Å². The minimum atomic E-state index is -0.359. The van der Waals surface area contributed by atoms with Gasteiger partial charge in [-0.2, -0.15) is 0 Å². The lowest BCUT2D eigenvalue weighted by Crippen LogP contribution is -2.28. The molecule has 1 atom stereocenters. The van der Waals surface area contributed by atoms with Crippen molar-refractivity contribution >= 4 is 0 Å². The van der Waals surface area contributed by atoms with Crippen molar-refractivity contribution < 1.29 is 5.11 Å². The van der Waals surface area contributed by atoms with Crippen molar-refractivity contribution in [1.82, 2.24) is 10.6 Å². The fourth-order valence-electron chi connectivity index (χ4n) is 0.425. The quantitative estimate of drug-likeness (QED) is 0.421. The van der Waals surface area contributed by atoms with E-state index in [9.17, 15) is 0 Å². The predicted molar refractivity (Wildman–Crippen MR) is 33.6 cm³/mol. The SMILES string of the molecule is CNCCC(O)NC. The number of rotatable bonds is 4. The average Bonchev–Trinajstić information content (AvgIpc) is 1.83. The standard InChI is InChI=1S/C5H14N2O/c1-6-4-3-5(8)7-2/h5-8H,3-4H2,1-2H3. The van der Waals surface area contributed by atoms with E-state index in [0.717, 1.165) is 13.0 Å².